The number of rotatable bonds is 11. The molecule has 0 radical (unpaired) electrons. The molecule has 19 nitrogen and oxygen atoms in total. The minimum Gasteiger partial charge on any atom is -0.394 e. The number of carbonyl (C=O) groups is 1. The van der Waals surface area contributed by atoms with E-state index < -0.39 is 122 Å². The third-order valence-corrected chi connectivity index (χ3v) is 9.47. The third kappa shape index (κ3) is 7.60. The summed E-state index contributed by atoms with van der Waals surface area (Å²) in [4.78, 5) is 13.1. The highest BCUT2D eigenvalue weighted by molar-refractivity contribution is 5.86. The molecule has 0 aromatic carbocycles. The molecule has 4 rings (SSSR count). The van der Waals surface area contributed by atoms with E-state index in [1.807, 2.05) is 0 Å². The monoisotopic (exact) mass is 654 g/mol. The summed E-state index contributed by atoms with van der Waals surface area (Å²) in [6.45, 7) is -1.32. The molecule has 4 fully saturated rings. The second-order valence-electron chi connectivity index (χ2n) is 12.8. The van der Waals surface area contributed by atoms with Crippen molar-refractivity contribution in [1.29, 1.82) is 0 Å². The number of ether oxygens (including phenoxy) is 3. The van der Waals surface area contributed by atoms with Gasteiger partial charge in [0, 0.05) is 43.9 Å². The molecule has 0 spiro atoms. The Bertz CT molecular complexity index is 982. The quantitative estimate of drug-likeness (QED) is 0.0982. The van der Waals surface area contributed by atoms with Gasteiger partial charge < -0.3 is 93.7 Å². The molecule has 2 saturated heterocycles. The maximum atomic E-state index is 13.1. The van der Waals surface area contributed by atoms with E-state index in [0.717, 1.165) is 0 Å². The van der Waals surface area contributed by atoms with Crippen LogP contribution in [0, 0.1) is 5.92 Å². The second kappa shape index (κ2) is 14.9. The number of hydrogen-bond acceptors (Lipinski definition) is 18. The minimum absolute atomic E-state index is 0.000575. The molecule has 262 valence electrons. The fourth-order valence-corrected chi connectivity index (χ4v) is 6.72. The Labute approximate surface area is 259 Å². The molecule has 19 N–H and O–H groups in total. The molecule has 16 unspecified atom stereocenters. The van der Waals surface area contributed by atoms with Gasteiger partial charge in [-0.15, -0.1) is 0 Å². The van der Waals surface area contributed by atoms with Crippen LogP contribution in [-0.2, 0) is 19.0 Å². The average molecular weight is 655 g/mol. The first kappa shape index (κ1) is 36.6. The predicted octanol–water partition coefficient (Wildman–Crippen LogP) is -9.06. The van der Waals surface area contributed by atoms with Crippen LogP contribution in [-0.4, -0.2) is 181 Å². The number of hydrogen-bond donors (Lipinski definition) is 15. The van der Waals surface area contributed by atoms with Gasteiger partial charge >= 0.3 is 0 Å². The lowest BCUT2D eigenvalue weighted by molar-refractivity contribution is -0.307. The lowest BCUT2D eigenvalue weighted by Crippen LogP contribution is -2.73. The van der Waals surface area contributed by atoms with Crippen LogP contribution in [0.2, 0.25) is 0 Å². The lowest BCUT2D eigenvalue weighted by atomic mass is 9.71. The summed E-state index contributed by atoms with van der Waals surface area (Å²) in [6, 6.07) is -4.99. The van der Waals surface area contributed by atoms with E-state index in [9.17, 15) is 45.6 Å². The molecule has 2 aliphatic carbocycles. The molecule has 19 heteroatoms. The molecule has 2 heterocycles. The van der Waals surface area contributed by atoms with Crippen LogP contribution in [0.4, 0.5) is 0 Å². The maximum absolute atomic E-state index is 13.1. The molecule has 2 saturated carbocycles. The van der Waals surface area contributed by atoms with E-state index >= 15 is 0 Å². The zero-order valence-corrected chi connectivity index (χ0v) is 24.7. The van der Waals surface area contributed by atoms with E-state index in [0.29, 0.717) is 0 Å². The van der Waals surface area contributed by atoms with Crippen LogP contribution < -0.4 is 33.6 Å². The van der Waals surface area contributed by atoms with E-state index in [1.54, 1.807) is 0 Å². The first-order valence-corrected chi connectivity index (χ1v) is 15.2. The van der Waals surface area contributed by atoms with Crippen LogP contribution in [0.1, 0.15) is 19.3 Å². The van der Waals surface area contributed by atoms with Gasteiger partial charge in [-0.3, -0.25) is 4.79 Å². The molecule has 0 aromatic rings. The van der Waals surface area contributed by atoms with Crippen molar-refractivity contribution in [3.05, 3.63) is 0 Å². The van der Waals surface area contributed by atoms with Gasteiger partial charge in [0.1, 0.15) is 42.2 Å². The first-order valence-electron chi connectivity index (χ1n) is 15.2. The smallest absolute Gasteiger partial charge is 0.252 e. The fraction of sp³-hybridized carbons (Fsp3) is 0.962. The van der Waals surface area contributed by atoms with Crippen LogP contribution in [0.3, 0.4) is 0 Å². The summed E-state index contributed by atoms with van der Waals surface area (Å²) in [5.41, 5.74) is 22.7. The number of nitrogens with one attached hydrogen (secondary N) is 2. The molecule has 2 aliphatic heterocycles. The van der Waals surface area contributed by atoms with Gasteiger partial charge in [0.15, 0.2) is 6.29 Å². The summed E-state index contributed by atoms with van der Waals surface area (Å²) >= 11 is 0. The van der Waals surface area contributed by atoms with Gasteiger partial charge in [0.2, 0.25) is 0 Å². The summed E-state index contributed by atoms with van der Waals surface area (Å²) in [5.74, 6) is -1.88. The van der Waals surface area contributed by atoms with Crippen molar-refractivity contribution in [2.45, 2.75) is 122 Å². The summed E-state index contributed by atoms with van der Waals surface area (Å²) in [6.07, 6.45) is -15.4. The summed E-state index contributed by atoms with van der Waals surface area (Å²) in [5, 5.41) is 98.7. The Morgan fingerprint density at radius 1 is 0.911 bits per heavy atom. The normalized spacial score (nSPS) is 49.6. The Morgan fingerprint density at radius 2 is 1.58 bits per heavy atom. The van der Waals surface area contributed by atoms with Crippen molar-refractivity contribution in [1.82, 2.24) is 10.6 Å². The summed E-state index contributed by atoms with van der Waals surface area (Å²) < 4.78 is 17.6. The van der Waals surface area contributed by atoms with Crippen LogP contribution in [0.25, 0.3) is 0 Å². The Hall–Kier alpha value is -1.21. The maximum Gasteiger partial charge on any atom is 0.252 e. The molecular weight excluding hydrogens is 604 g/mol. The van der Waals surface area contributed by atoms with Crippen LogP contribution in [0.15, 0.2) is 0 Å². The van der Waals surface area contributed by atoms with E-state index in [-0.39, 0.29) is 38.4 Å². The highest BCUT2D eigenvalue weighted by Crippen LogP contribution is 2.38. The first-order chi connectivity index (χ1) is 21.1. The average Bonchev–Trinajstić information content (AvgIpc) is 2.98. The van der Waals surface area contributed by atoms with Gasteiger partial charge in [-0.05, 0) is 6.42 Å². The second-order valence-corrected chi connectivity index (χ2v) is 12.8. The van der Waals surface area contributed by atoms with Gasteiger partial charge in [-0.2, -0.15) is 0 Å². The van der Waals surface area contributed by atoms with Crippen LogP contribution >= 0.6 is 0 Å². The number of amides is 1. The number of carbonyl (C=O) groups excluding carboxylic acids is 1. The SMILES string of the molecule is NC1CC(O)(C(=O)NC2CC(N)C(C3OC(CNCC(O)CO)C(O)C(O)C3N)C(O)C2OC2OC(CO)C(O)C(N)C2O)C1. The lowest BCUT2D eigenvalue weighted by Gasteiger charge is -2.52. The summed E-state index contributed by atoms with van der Waals surface area (Å²) in [7, 11) is 0. The van der Waals surface area contributed by atoms with Crippen molar-refractivity contribution in [2.24, 2.45) is 28.9 Å². The topological polar surface area (TPSA) is 355 Å². The molecule has 1 amide bonds. The molecule has 45 heavy (non-hydrogen) atoms. The third-order valence-electron chi connectivity index (χ3n) is 9.47. The molecule has 0 bridgehead atoms. The fourth-order valence-electron chi connectivity index (χ4n) is 6.72. The largest absolute Gasteiger partial charge is 0.394 e. The highest BCUT2D eigenvalue weighted by Gasteiger charge is 2.56. The Balaban J connectivity index is 1.58. The predicted molar refractivity (Wildman–Crippen MR) is 151 cm³/mol. The molecule has 16 atom stereocenters. The van der Waals surface area contributed by atoms with Crippen molar-refractivity contribution in [3.63, 3.8) is 0 Å². The van der Waals surface area contributed by atoms with Gasteiger partial charge in [-0.1, -0.05) is 0 Å². The van der Waals surface area contributed by atoms with Crippen molar-refractivity contribution < 1.29 is 65.0 Å². The van der Waals surface area contributed by atoms with E-state index in [1.165, 1.54) is 0 Å². The molecule has 0 aromatic heterocycles. The van der Waals surface area contributed by atoms with Crippen LogP contribution in [0.5, 0.6) is 0 Å². The van der Waals surface area contributed by atoms with Gasteiger partial charge in [-0.25, -0.2) is 0 Å². The standard InChI is InChI=1S/C26H50N6O13/c27-8-2-26(42,3-8)25(41)32-11-1-10(28)14(19(38)22(11)45-24-21(40)15(29)17(36)13(7-34)44-24)23-16(30)20(39)18(37)12(43-23)5-31-4-9(35)6-33/h8-24,31,33-40,42H,1-7,27-30H2,(H,32,41). The van der Waals surface area contributed by atoms with Gasteiger partial charge in [0.05, 0.1) is 55.8 Å². The molecule has 4 aliphatic rings. The highest BCUT2D eigenvalue weighted by atomic mass is 16.7. The number of nitrogens with two attached hydrogens (primary N) is 4. The number of aliphatic hydroxyl groups excluding tert-OH is 8. The van der Waals surface area contributed by atoms with Crippen molar-refractivity contribution in [2.75, 3.05) is 26.3 Å². The van der Waals surface area contributed by atoms with E-state index in [4.69, 9.17) is 42.3 Å². The minimum atomic E-state index is -1.76. The van der Waals surface area contributed by atoms with Gasteiger partial charge in [0.25, 0.3) is 5.91 Å². The van der Waals surface area contributed by atoms with E-state index in [2.05, 4.69) is 10.6 Å². The Morgan fingerprint density at radius 3 is 2.18 bits per heavy atom. The zero-order chi connectivity index (χ0) is 33.4. The molecular formula is C26H50N6O13. The zero-order valence-electron chi connectivity index (χ0n) is 24.7. The van der Waals surface area contributed by atoms with Crippen molar-refractivity contribution >= 4 is 5.91 Å². The number of aliphatic hydroxyl groups is 9. The Kier molecular flexibility index (Phi) is 12.1. The van der Waals surface area contributed by atoms with Crippen molar-refractivity contribution in [3.8, 4) is 0 Å².